The normalized spacial score (nSPS) is 11.9. The highest BCUT2D eigenvalue weighted by Crippen LogP contribution is 2.27. The SMILES string of the molecule is C/C(CC(C)(C)c1ccccc1)=N/NC(=O)c1cccc([N+](=O)[O-])c1C. The van der Waals surface area contributed by atoms with Gasteiger partial charge < -0.3 is 0 Å². The largest absolute Gasteiger partial charge is 0.273 e. The number of nitro groups is 1. The average Bonchev–Trinajstić information content (AvgIpc) is 2.60. The quantitative estimate of drug-likeness (QED) is 0.475. The number of nitro benzene ring substituents is 1. The third-order valence-electron chi connectivity index (χ3n) is 4.35. The second-order valence-corrected chi connectivity index (χ2v) is 6.92. The molecule has 0 bridgehead atoms. The number of amides is 1. The van der Waals surface area contributed by atoms with Crippen molar-refractivity contribution in [2.45, 2.75) is 39.5 Å². The standard InChI is InChI=1S/C20H23N3O3/c1-14(13-20(3,4)16-9-6-5-7-10-16)21-22-19(24)17-11-8-12-18(15(17)2)23(25)26/h5-12H,13H2,1-4H3,(H,22,24)/b21-14-. The van der Waals surface area contributed by atoms with Gasteiger partial charge in [-0.2, -0.15) is 5.10 Å². The van der Waals surface area contributed by atoms with Crippen molar-refractivity contribution in [1.29, 1.82) is 0 Å². The highest BCUT2D eigenvalue weighted by molar-refractivity contribution is 5.97. The summed E-state index contributed by atoms with van der Waals surface area (Å²) in [5.41, 5.74) is 4.84. The van der Waals surface area contributed by atoms with E-state index in [0.717, 1.165) is 5.71 Å². The summed E-state index contributed by atoms with van der Waals surface area (Å²) >= 11 is 0. The van der Waals surface area contributed by atoms with Crippen LogP contribution in [0.3, 0.4) is 0 Å². The monoisotopic (exact) mass is 353 g/mol. The van der Waals surface area contributed by atoms with Gasteiger partial charge >= 0.3 is 0 Å². The molecule has 0 aromatic heterocycles. The smallest absolute Gasteiger partial charge is 0.267 e. The van der Waals surface area contributed by atoms with Gasteiger partial charge in [0.2, 0.25) is 0 Å². The first-order valence-corrected chi connectivity index (χ1v) is 8.35. The van der Waals surface area contributed by atoms with E-state index in [2.05, 4.69) is 36.5 Å². The molecule has 6 nitrogen and oxygen atoms in total. The number of carbonyl (C=O) groups excluding carboxylic acids is 1. The molecule has 0 fully saturated rings. The van der Waals surface area contributed by atoms with Gasteiger partial charge in [-0.05, 0) is 37.3 Å². The van der Waals surface area contributed by atoms with E-state index in [4.69, 9.17) is 0 Å². The van der Waals surface area contributed by atoms with Gasteiger partial charge in [-0.3, -0.25) is 14.9 Å². The maximum atomic E-state index is 12.3. The van der Waals surface area contributed by atoms with Crippen LogP contribution < -0.4 is 5.43 Å². The van der Waals surface area contributed by atoms with E-state index in [1.165, 1.54) is 17.7 Å². The van der Waals surface area contributed by atoms with Crippen molar-refractivity contribution < 1.29 is 9.72 Å². The number of hydrogen-bond acceptors (Lipinski definition) is 4. The fourth-order valence-corrected chi connectivity index (χ4v) is 2.94. The average molecular weight is 353 g/mol. The third kappa shape index (κ3) is 4.53. The summed E-state index contributed by atoms with van der Waals surface area (Å²) in [4.78, 5) is 22.8. The maximum absolute atomic E-state index is 12.3. The molecular formula is C20H23N3O3. The summed E-state index contributed by atoms with van der Waals surface area (Å²) in [6.07, 6.45) is 0.672. The molecule has 0 unspecified atom stereocenters. The molecule has 0 radical (unpaired) electrons. The van der Waals surface area contributed by atoms with Crippen LogP contribution >= 0.6 is 0 Å². The van der Waals surface area contributed by atoms with Crippen LogP contribution in [-0.4, -0.2) is 16.5 Å². The summed E-state index contributed by atoms with van der Waals surface area (Å²) in [6, 6.07) is 14.5. The number of hydrazone groups is 1. The van der Waals surface area contributed by atoms with E-state index in [-0.39, 0.29) is 16.7 Å². The molecule has 0 heterocycles. The topological polar surface area (TPSA) is 84.6 Å². The molecule has 0 aliphatic heterocycles. The van der Waals surface area contributed by atoms with Crippen LogP contribution in [0.15, 0.2) is 53.6 Å². The second-order valence-electron chi connectivity index (χ2n) is 6.92. The molecule has 0 spiro atoms. The van der Waals surface area contributed by atoms with Crippen LogP contribution in [0, 0.1) is 17.0 Å². The Balaban J connectivity index is 2.11. The van der Waals surface area contributed by atoms with Crippen LogP contribution in [-0.2, 0) is 5.41 Å². The molecule has 1 amide bonds. The predicted molar refractivity (Wildman–Crippen MR) is 102 cm³/mol. The Morgan fingerprint density at radius 2 is 1.81 bits per heavy atom. The molecule has 0 aliphatic rings. The molecule has 2 aromatic rings. The lowest BCUT2D eigenvalue weighted by Gasteiger charge is -2.25. The van der Waals surface area contributed by atoms with Crippen LogP contribution in [0.2, 0.25) is 0 Å². The Bertz CT molecular complexity index is 843. The van der Waals surface area contributed by atoms with Gasteiger partial charge in [0.05, 0.1) is 10.5 Å². The number of carbonyl (C=O) groups is 1. The Labute approximate surface area is 153 Å². The number of rotatable bonds is 6. The number of nitrogens with zero attached hydrogens (tertiary/aromatic N) is 2. The lowest BCUT2D eigenvalue weighted by atomic mass is 9.80. The van der Waals surface area contributed by atoms with E-state index in [1.54, 1.807) is 13.0 Å². The van der Waals surface area contributed by atoms with Crippen molar-refractivity contribution in [2.24, 2.45) is 5.10 Å². The van der Waals surface area contributed by atoms with Gasteiger partial charge in [0.15, 0.2) is 0 Å². The Hall–Kier alpha value is -3.02. The van der Waals surface area contributed by atoms with Crippen molar-refractivity contribution >= 4 is 17.3 Å². The summed E-state index contributed by atoms with van der Waals surface area (Å²) in [6.45, 7) is 7.65. The fraction of sp³-hybridized carbons (Fsp3) is 0.300. The van der Waals surface area contributed by atoms with Gasteiger partial charge in [-0.15, -0.1) is 0 Å². The molecule has 0 saturated carbocycles. The van der Waals surface area contributed by atoms with Crippen molar-refractivity contribution in [3.8, 4) is 0 Å². The highest BCUT2D eigenvalue weighted by atomic mass is 16.6. The first-order chi connectivity index (χ1) is 12.2. The Morgan fingerprint density at radius 3 is 2.42 bits per heavy atom. The van der Waals surface area contributed by atoms with Crippen molar-refractivity contribution in [3.63, 3.8) is 0 Å². The van der Waals surface area contributed by atoms with Crippen molar-refractivity contribution in [2.75, 3.05) is 0 Å². The van der Waals surface area contributed by atoms with Gasteiger partial charge in [-0.1, -0.05) is 50.2 Å². The van der Waals surface area contributed by atoms with Gasteiger partial charge in [-0.25, -0.2) is 5.43 Å². The summed E-state index contributed by atoms with van der Waals surface area (Å²) in [5, 5.41) is 15.2. The zero-order valence-electron chi connectivity index (χ0n) is 15.4. The molecule has 2 rings (SSSR count). The van der Waals surface area contributed by atoms with E-state index < -0.39 is 10.8 Å². The zero-order chi connectivity index (χ0) is 19.3. The zero-order valence-corrected chi connectivity index (χ0v) is 15.4. The summed E-state index contributed by atoms with van der Waals surface area (Å²) in [5.74, 6) is -0.455. The number of benzene rings is 2. The van der Waals surface area contributed by atoms with Crippen LogP contribution in [0.4, 0.5) is 5.69 Å². The third-order valence-corrected chi connectivity index (χ3v) is 4.35. The molecule has 1 N–H and O–H groups in total. The van der Waals surface area contributed by atoms with Crippen LogP contribution in [0.1, 0.15) is 48.7 Å². The second kappa shape index (κ2) is 7.91. The first kappa shape index (κ1) is 19.3. The molecule has 26 heavy (non-hydrogen) atoms. The molecule has 6 heteroatoms. The van der Waals surface area contributed by atoms with Crippen molar-refractivity contribution in [3.05, 3.63) is 75.3 Å². The van der Waals surface area contributed by atoms with Gasteiger partial charge in [0.25, 0.3) is 11.6 Å². The van der Waals surface area contributed by atoms with Crippen LogP contribution in [0.25, 0.3) is 0 Å². The molecule has 0 atom stereocenters. The fourth-order valence-electron chi connectivity index (χ4n) is 2.94. The van der Waals surface area contributed by atoms with Crippen LogP contribution in [0.5, 0.6) is 0 Å². The van der Waals surface area contributed by atoms with E-state index in [9.17, 15) is 14.9 Å². The Morgan fingerprint density at radius 1 is 1.15 bits per heavy atom. The summed E-state index contributed by atoms with van der Waals surface area (Å²) in [7, 11) is 0. The predicted octanol–water partition coefficient (Wildman–Crippen LogP) is 4.38. The van der Waals surface area contributed by atoms with E-state index >= 15 is 0 Å². The molecule has 2 aromatic carbocycles. The highest BCUT2D eigenvalue weighted by Gasteiger charge is 2.22. The van der Waals surface area contributed by atoms with Crippen molar-refractivity contribution in [1.82, 2.24) is 5.43 Å². The van der Waals surface area contributed by atoms with E-state index in [0.29, 0.717) is 12.0 Å². The van der Waals surface area contributed by atoms with Gasteiger partial charge in [0, 0.05) is 17.3 Å². The Kier molecular flexibility index (Phi) is 5.87. The minimum atomic E-state index is -0.497. The lowest BCUT2D eigenvalue weighted by Crippen LogP contribution is -2.24. The minimum absolute atomic E-state index is 0.0800. The minimum Gasteiger partial charge on any atom is -0.267 e. The summed E-state index contributed by atoms with van der Waals surface area (Å²) < 4.78 is 0. The molecule has 136 valence electrons. The lowest BCUT2D eigenvalue weighted by molar-refractivity contribution is -0.385. The number of nitrogens with one attached hydrogen (secondary N) is 1. The number of hydrogen-bond donors (Lipinski definition) is 1. The van der Waals surface area contributed by atoms with E-state index in [1.807, 2.05) is 25.1 Å². The maximum Gasteiger partial charge on any atom is 0.273 e. The first-order valence-electron chi connectivity index (χ1n) is 8.35. The molecule has 0 saturated heterocycles. The molecular weight excluding hydrogens is 330 g/mol. The van der Waals surface area contributed by atoms with Gasteiger partial charge in [0.1, 0.15) is 0 Å². The molecule has 0 aliphatic carbocycles.